The average Bonchev–Trinajstić information content (AvgIpc) is 3.27. The van der Waals surface area contributed by atoms with Crippen LogP contribution in [0.1, 0.15) is 43.5 Å². The summed E-state index contributed by atoms with van der Waals surface area (Å²) in [5.41, 5.74) is 2.27. The first kappa shape index (κ1) is 29.3. The van der Waals surface area contributed by atoms with Gasteiger partial charge in [0, 0.05) is 5.56 Å². The van der Waals surface area contributed by atoms with Crippen molar-refractivity contribution in [3.8, 4) is 11.5 Å². The Morgan fingerprint density at radius 1 is 1.05 bits per heavy atom. The van der Waals surface area contributed by atoms with E-state index in [9.17, 15) is 14.0 Å². The van der Waals surface area contributed by atoms with E-state index in [1.807, 2.05) is 37.3 Å². The minimum Gasteiger partial charge on any atom is -0.490 e. The molecule has 0 aliphatic carbocycles. The fraction of sp³-hybridized carbons (Fsp3) is 0.219. The number of rotatable bonds is 9. The lowest BCUT2D eigenvalue weighted by Crippen LogP contribution is -2.39. The third-order valence-corrected chi connectivity index (χ3v) is 7.97. The smallest absolute Gasteiger partial charge is 0.338 e. The molecule has 5 rings (SSSR count). The first-order valence-corrected chi connectivity index (χ1v) is 14.6. The highest BCUT2D eigenvalue weighted by Gasteiger charge is 2.33. The summed E-state index contributed by atoms with van der Waals surface area (Å²) in [4.78, 5) is 31.9. The molecule has 1 atom stereocenters. The minimum atomic E-state index is -0.677. The maximum absolute atomic E-state index is 14.2. The highest BCUT2D eigenvalue weighted by molar-refractivity contribution is 7.07. The molecule has 216 valence electrons. The quantitative estimate of drug-likeness (QED) is 0.233. The third-order valence-electron chi connectivity index (χ3n) is 6.63. The first-order valence-electron chi connectivity index (χ1n) is 13.4. The first-order chi connectivity index (χ1) is 20.3. The molecule has 0 spiro atoms. The van der Waals surface area contributed by atoms with Gasteiger partial charge >= 0.3 is 5.97 Å². The molecule has 1 aromatic heterocycles. The molecule has 3 aromatic carbocycles. The average molecular weight is 607 g/mol. The molecular formula is C32H28ClFN2O5S. The molecule has 0 amide bonds. The van der Waals surface area contributed by atoms with Gasteiger partial charge in [-0.2, -0.15) is 0 Å². The van der Waals surface area contributed by atoms with Crippen LogP contribution in [0.5, 0.6) is 11.5 Å². The fourth-order valence-electron chi connectivity index (χ4n) is 4.72. The summed E-state index contributed by atoms with van der Waals surface area (Å²) < 4.78 is 33.2. The van der Waals surface area contributed by atoms with Gasteiger partial charge in [-0.25, -0.2) is 14.2 Å². The monoisotopic (exact) mass is 606 g/mol. The van der Waals surface area contributed by atoms with Crippen LogP contribution in [0, 0.1) is 5.82 Å². The van der Waals surface area contributed by atoms with Gasteiger partial charge in [-0.1, -0.05) is 65.4 Å². The molecule has 0 saturated carbocycles. The van der Waals surface area contributed by atoms with Crippen molar-refractivity contribution in [2.45, 2.75) is 33.4 Å². The van der Waals surface area contributed by atoms with Crippen LogP contribution in [-0.2, 0) is 16.1 Å². The zero-order valence-electron chi connectivity index (χ0n) is 23.2. The lowest BCUT2D eigenvalue weighted by atomic mass is 9.96. The van der Waals surface area contributed by atoms with Gasteiger partial charge in [-0.15, -0.1) is 0 Å². The number of carbonyl (C=O) groups excluding carboxylic acids is 1. The van der Waals surface area contributed by atoms with Crippen molar-refractivity contribution in [1.29, 1.82) is 0 Å². The summed E-state index contributed by atoms with van der Waals surface area (Å²) in [6.45, 7) is 5.83. The third kappa shape index (κ3) is 5.89. The number of aromatic nitrogens is 1. The zero-order chi connectivity index (χ0) is 29.8. The number of thiazole rings is 1. The van der Waals surface area contributed by atoms with Gasteiger partial charge in [0.2, 0.25) is 0 Å². The lowest BCUT2D eigenvalue weighted by Gasteiger charge is -2.24. The molecule has 0 saturated heterocycles. The van der Waals surface area contributed by atoms with E-state index in [1.165, 1.54) is 23.5 Å². The molecule has 0 fully saturated rings. The lowest BCUT2D eigenvalue weighted by molar-refractivity contribution is -0.139. The molecular weight excluding hydrogens is 579 g/mol. The number of ether oxygens (including phenoxy) is 3. The van der Waals surface area contributed by atoms with Crippen LogP contribution in [0.15, 0.2) is 87.8 Å². The summed E-state index contributed by atoms with van der Waals surface area (Å²) >= 11 is 7.38. The molecule has 1 unspecified atom stereocenters. The summed E-state index contributed by atoms with van der Waals surface area (Å²) in [7, 11) is 0. The summed E-state index contributed by atoms with van der Waals surface area (Å²) in [6, 6.07) is 18.4. The molecule has 7 nitrogen and oxygen atoms in total. The SMILES string of the molecule is CCOC(=O)C1=C(C)N=c2s/c(=C/c3ccc(OCc4c(F)cccc4Cl)c(OCC)c3)c(=O)n2C1c1ccccc1. The van der Waals surface area contributed by atoms with Crippen LogP contribution in [0.3, 0.4) is 0 Å². The van der Waals surface area contributed by atoms with Crippen molar-refractivity contribution in [1.82, 2.24) is 4.57 Å². The van der Waals surface area contributed by atoms with E-state index >= 15 is 0 Å². The number of halogens is 2. The van der Waals surface area contributed by atoms with Gasteiger partial charge in [-0.3, -0.25) is 9.36 Å². The van der Waals surface area contributed by atoms with E-state index in [4.69, 9.17) is 25.8 Å². The number of fused-ring (bicyclic) bond motifs is 1. The number of benzene rings is 3. The molecule has 1 aliphatic rings. The number of nitrogens with zero attached hydrogens (tertiary/aromatic N) is 2. The van der Waals surface area contributed by atoms with E-state index in [1.54, 1.807) is 48.8 Å². The summed E-state index contributed by atoms with van der Waals surface area (Å²) in [5, 5.41) is 0.273. The molecule has 2 heterocycles. The molecule has 0 N–H and O–H groups in total. The van der Waals surface area contributed by atoms with E-state index < -0.39 is 17.8 Å². The van der Waals surface area contributed by atoms with Crippen LogP contribution in [-0.4, -0.2) is 23.8 Å². The van der Waals surface area contributed by atoms with Crippen LogP contribution in [0.2, 0.25) is 5.02 Å². The second-order valence-electron chi connectivity index (χ2n) is 9.34. The van der Waals surface area contributed by atoms with Crippen LogP contribution in [0.25, 0.3) is 6.08 Å². The van der Waals surface area contributed by atoms with Crippen molar-refractivity contribution in [2.24, 2.45) is 4.99 Å². The van der Waals surface area contributed by atoms with Crippen LogP contribution >= 0.6 is 22.9 Å². The Morgan fingerprint density at radius 3 is 2.55 bits per heavy atom. The summed E-state index contributed by atoms with van der Waals surface area (Å²) in [5.74, 6) is -0.110. The molecule has 1 aliphatic heterocycles. The molecule has 4 aromatic rings. The van der Waals surface area contributed by atoms with Crippen LogP contribution in [0.4, 0.5) is 4.39 Å². The van der Waals surface area contributed by atoms with E-state index in [0.717, 1.165) is 5.56 Å². The standard InChI is InChI=1S/C32H28ClFN2O5S/c1-4-39-26-16-20(14-15-25(26)41-18-22-23(33)12-9-13-24(22)34)17-27-30(37)36-29(21-10-7-6-8-11-21)28(31(38)40-5-2)19(3)35-32(36)42-27/h6-17,29H,4-5,18H2,1-3H3/b27-17+. The normalized spacial score (nSPS) is 14.8. The van der Waals surface area contributed by atoms with Gasteiger partial charge < -0.3 is 14.2 Å². The second kappa shape index (κ2) is 12.8. The van der Waals surface area contributed by atoms with E-state index in [-0.39, 0.29) is 29.4 Å². The van der Waals surface area contributed by atoms with Crippen LogP contribution < -0.4 is 24.4 Å². The summed E-state index contributed by atoms with van der Waals surface area (Å²) in [6.07, 6.45) is 1.75. The number of esters is 1. The van der Waals surface area contributed by atoms with Crippen molar-refractivity contribution < 1.29 is 23.4 Å². The topological polar surface area (TPSA) is 79.1 Å². The van der Waals surface area contributed by atoms with Gasteiger partial charge in [0.15, 0.2) is 16.3 Å². The Bertz CT molecular complexity index is 1830. The predicted octanol–water partition coefficient (Wildman–Crippen LogP) is 5.57. The minimum absolute atomic E-state index is 0.0782. The highest BCUT2D eigenvalue weighted by atomic mass is 35.5. The predicted molar refractivity (Wildman–Crippen MR) is 160 cm³/mol. The fourth-order valence-corrected chi connectivity index (χ4v) is 5.98. The Balaban J connectivity index is 1.55. The van der Waals surface area contributed by atoms with Gasteiger partial charge in [0.25, 0.3) is 5.56 Å². The Kier molecular flexibility index (Phi) is 8.89. The maximum Gasteiger partial charge on any atom is 0.338 e. The highest BCUT2D eigenvalue weighted by Crippen LogP contribution is 2.32. The van der Waals surface area contributed by atoms with Gasteiger partial charge in [0.05, 0.1) is 40.1 Å². The number of hydrogen-bond acceptors (Lipinski definition) is 7. The Hall–Kier alpha value is -4.21. The number of carbonyl (C=O) groups is 1. The number of hydrogen-bond donors (Lipinski definition) is 0. The molecule has 0 bridgehead atoms. The Morgan fingerprint density at radius 2 is 1.83 bits per heavy atom. The zero-order valence-corrected chi connectivity index (χ0v) is 24.8. The van der Waals surface area contributed by atoms with E-state index in [0.29, 0.717) is 44.3 Å². The second-order valence-corrected chi connectivity index (χ2v) is 10.8. The maximum atomic E-state index is 14.2. The van der Waals surface area contributed by atoms with Gasteiger partial charge in [0.1, 0.15) is 12.4 Å². The Labute approximate surface area is 250 Å². The van der Waals surface area contributed by atoms with Crippen molar-refractivity contribution in [3.05, 3.63) is 125 Å². The molecule has 10 heteroatoms. The largest absolute Gasteiger partial charge is 0.490 e. The molecule has 42 heavy (non-hydrogen) atoms. The number of allylic oxidation sites excluding steroid dienone is 1. The van der Waals surface area contributed by atoms with Crippen molar-refractivity contribution >= 4 is 35.0 Å². The van der Waals surface area contributed by atoms with Gasteiger partial charge in [-0.05, 0) is 62.2 Å². The molecule has 0 radical (unpaired) electrons. The van der Waals surface area contributed by atoms with E-state index in [2.05, 4.69) is 4.99 Å². The van der Waals surface area contributed by atoms with Crippen molar-refractivity contribution in [2.75, 3.05) is 13.2 Å². The van der Waals surface area contributed by atoms with Crippen molar-refractivity contribution in [3.63, 3.8) is 0 Å².